The molecule has 0 radical (unpaired) electrons. The zero-order chi connectivity index (χ0) is 24.5. The Balaban J connectivity index is 2.78. The van der Waals surface area contributed by atoms with Crippen molar-refractivity contribution in [3.05, 3.63) is 95.1 Å². The molecule has 2 aromatic carbocycles. The van der Waals surface area contributed by atoms with Crippen molar-refractivity contribution in [2.45, 2.75) is 44.3 Å². The van der Waals surface area contributed by atoms with Crippen LogP contribution in [0.4, 0.5) is 0 Å². The molecule has 0 aromatic heterocycles. The van der Waals surface area contributed by atoms with E-state index in [0.717, 1.165) is 18.7 Å². The third-order valence-corrected chi connectivity index (χ3v) is 6.34. The van der Waals surface area contributed by atoms with Crippen molar-refractivity contribution < 1.29 is 19.5 Å². The lowest BCUT2D eigenvalue weighted by atomic mass is 9.61. The number of ether oxygens (including phenoxy) is 1. The summed E-state index contributed by atoms with van der Waals surface area (Å²) in [6.07, 6.45) is 0. The van der Waals surface area contributed by atoms with Crippen molar-refractivity contribution in [3.63, 3.8) is 0 Å². The van der Waals surface area contributed by atoms with E-state index in [2.05, 4.69) is 0 Å². The molecule has 0 saturated carbocycles. The van der Waals surface area contributed by atoms with Crippen LogP contribution in [0.2, 0.25) is 0 Å². The molecular weight excluding hydrogens is 420 g/mol. The first-order chi connectivity index (χ1) is 14.8. The van der Waals surface area contributed by atoms with Crippen LogP contribution in [0.5, 0.6) is 5.75 Å². The largest absolute Gasteiger partial charge is 0.732 e. The zero-order valence-corrected chi connectivity index (χ0v) is 18.2. The lowest BCUT2D eigenvalue weighted by Gasteiger charge is -2.43. The molecule has 0 amide bonds. The van der Waals surface area contributed by atoms with E-state index < -0.39 is 37.0 Å². The van der Waals surface area contributed by atoms with Crippen molar-refractivity contribution in [2.75, 3.05) is 7.11 Å². The van der Waals surface area contributed by atoms with Gasteiger partial charge in [-0.05, 0) is 46.2 Å². The number of rotatable bonds is 8. The maximum Gasteiger partial charge on any atom is 0.732 e. The molecule has 168 valence electrons. The van der Waals surface area contributed by atoms with Gasteiger partial charge in [0.15, 0.2) is 14.8 Å². The highest BCUT2D eigenvalue weighted by Crippen LogP contribution is 2.46. The van der Waals surface area contributed by atoms with Crippen LogP contribution in [0.25, 0.3) is 0 Å². The SMILES string of the molecule is COc1ccc(C(C)(C)C(C)(C)c2ccc(C#N)cc2)cc1C([N+](=O)[O-])([N+](=O)[O-])[N+](=O)[O-]. The van der Waals surface area contributed by atoms with Crippen LogP contribution in [0, 0.1) is 41.7 Å². The highest BCUT2D eigenvalue weighted by Gasteiger charge is 2.74. The molecule has 2 rings (SSSR count). The van der Waals surface area contributed by atoms with Gasteiger partial charge in [0.05, 0.1) is 18.7 Å². The molecule has 0 saturated heterocycles. The summed E-state index contributed by atoms with van der Waals surface area (Å²) in [6.45, 7) is 7.45. The predicted molar refractivity (Wildman–Crippen MR) is 113 cm³/mol. The minimum atomic E-state index is -3.82. The van der Waals surface area contributed by atoms with Crippen LogP contribution in [0.15, 0.2) is 42.5 Å². The second kappa shape index (κ2) is 8.22. The van der Waals surface area contributed by atoms with Crippen molar-refractivity contribution >= 4 is 0 Å². The molecule has 0 N–H and O–H groups in total. The van der Waals surface area contributed by atoms with Gasteiger partial charge in [-0.15, -0.1) is 0 Å². The average molecular weight is 442 g/mol. The van der Waals surface area contributed by atoms with E-state index in [1.165, 1.54) is 6.07 Å². The highest BCUT2D eigenvalue weighted by atomic mass is 16.7. The van der Waals surface area contributed by atoms with Crippen LogP contribution in [0.1, 0.15) is 49.9 Å². The van der Waals surface area contributed by atoms with E-state index in [9.17, 15) is 30.3 Å². The van der Waals surface area contributed by atoms with Gasteiger partial charge in [-0.1, -0.05) is 45.9 Å². The monoisotopic (exact) mass is 442 g/mol. The van der Waals surface area contributed by atoms with Crippen molar-refractivity contribution in [3.8, 4) is 11.8 Å². The van der Waals surface area contributed by atoms with Crippen molar-refractivity contribution in [2.24, 2.45) is 0 Å². The summed E-state index contributed by atoms with van der Waals surface area (Å²) in [4.78, 5) is 30.4. The Morgan fingerprint density at radius 2 is 1.25 bits per heavy atom. The van der Waals surface area contributed by atoms with Gasteiger partial charge in [0, 0.05) is 0 Å². The van der Waals surface area contributed by atoms with Gasteiger partial charge in [-0.2, -0.15) is 5.26 Å². The van der Waals surface area contributed by atoms with Crippen LogP contribution in [-0.2, 0) is 16.6 Å². The fourth-order valence-electron chi connectivity index (χ4n) is 3.54. The number of nitro groups is 3. The Hall–Kier alpha value is -4.07. The molecule has 0 bridgehead atoms. The summed E-state index contributed by atoms with van der Waals surface area (Å²) in [5, 5.41) is 44.0. The molecule has 11 nitrogen and oxygen atoms in total. The number of nitriles is 1. The average Bonchev–Trinajstić information content (AvgIpc) is 2.73. The van der Waals surface area contributed by atoms with E-state index in [0.29, 0.717) is 11.1 Å². The van der Waals surface area contributed by atoms with Crippen molar-refractivity contribution in [1.82, 2.24) is 0 Å². The third kappa shape index (κ3) is 3.49. The van der Waals surface area contributed by atoms with Gasteiger partial charge < -0.3 is 4.74 Å². The Labute approximate surface area is 183 Å². The first-order valence-electron chi connectivity index (χ1n) is 9.41. The van der Waals surface area contributed by atoms with Crippen molar-refractivity contribution in [1.29, 1.82) is 5.26 Å². The molecule has 0 fully saturated rings. The van der Waals surface area contributed by atoms with E-state index in [-0.39, 0.29) is 5.75 Å². The molecule has 2 aromatic rings. The number of methoxy groups -OCH3 is 1. The quantitative estimate of drug-likeness (QED) is 0.339. The van der Waals surface area contributed by atoms with E-state index in [1.54, 1.807) is 30.3 Å². The maximum atomic E-state index is 11.7. The molecule has 0 atom stereocenters. The lowest BCUT2D eigenvalue weighted by molar-refractivity contribution is -0.986. The Morgan fingerprint density at radius 3 is 1.66 bits per heavy atom. The molecule has 11 heteroatoms. The standard InChI is InChI=1S/C21H22N4O7/c1-19(2,15-8-6-14(13-22)7-9-15)20(3,4)16-10-11-18(32-5)17(12-16)21(23(26)27,24(28)29)25(30)31/h6-12H,1-5H3. The van der Waals surface area contributed by atoms with Crippen LogP contribution < -0.4 is 4.74 Å². The Bertz CT molecular complexity index is 1080. The van der Waals surface area contributed by atoms with Gasteiger partial charge in [0.25, 0.3) is 0 Å². The Kier molecular flexibility index (Phi) is 6.22. The normalized spacial score (nSPS) is 12.0. The number of nitrogens with zero attached hydrogens (tertiary/aromatic N) is 4. The summed E-state index contributed by atoms with van der Waals surface area (Å²) < 4.78 is 5.02. The zero-order valence-electron chi connectivity index (χ0n) is 18.2. The number of hydrogen-bond acceptors (Lipinski definition) is 8. The fourth-order valence-corrected chi connectivity index (χ4v) is 3.54. The third-order valence-electron chi connectivity index (χ3n) is 6.34. The summed E-state index contributed by atoms with van der Waals surface area (Å²) in [6, 6.07) is 12.8. The summed E-state index contributed by atoms with van der Waals surface area (Å²) in [5.74, 6) is -4.17. The molecular formula is C21H22N4O7. The minimum Gasteiger partial charge on any atom is -0.496 e. The van der Waals surface area contributed by atoms with E-state index in [1.807, 2.05) is 33.8 Å². The second-order valence-electron chi connectivity index (χ2n) is 8.26. The van der Waals surface area contributed by atoms with E-state index >= 15 is 0 Å². The van der Waals surface area contributed by atoms with Gasteiger partial charge in [0.1, 0.15) is 5.75 Å². The number of hydrogen-bond donors (Lipinski definition) is 0. The lowest BCUT2D eigenvalue weighted by Crippen LogP contribution is -2.50. The van der Waals surface area contributed by atoms with Crippen LogP contribution >= 0.6 is 0 Å². The summed E-state index contributed by atoms with van der Waals surface area (Å²) in [5.41, 5.74) is -0.519. The topological polar surface area (TPSA) is 162 Å². The van der Waals surface area contributed by atoms with Crippen LogP contribution in [-0.4, -0.2) is 21.9 Å². The van der Waals surface area contributed by atoms with Gasteiger partial charge in [0.2, 0.25) is 5.56 Å². The van der Waals surface area contributed by atoms with Gasteiger partial charge in [-0.25, -0.2) is 0 Å². The maximum absolute atomic E-state index is 11.7. The summed E-state index contributed by atoms with van der Waals surface area (Å²) in [7, 11) is 1.12. The molecule has 0 heterocycles. The second-order valence-corrected chi connectivity index (χ2v) is 8.26. The molecule has 32 heavy (non-hydrogen) atoms. The van der Waals surface area contributed by atoms with E-state index in [4.69, 9.17) is 10.00 Å². The molecule has 0 aliphatic rings. The van der Waals surface area contributed by atoms with Crippen LogP contribution in [0.3, 0.4) is 0 Å². The molecule has 0 aliphatic carbocycles. The summed E-state index contributed by atoms with van der Waals surface area (Å²) >= 11 is 0. The minimum absolute atomic E-state index is 0.342. The van der Waals surface area contributed by atoms with Gasteiger partial charge in [-0.3, -0.25) is 30.3 Å². The Morgan fingerprint density at radius 1 is 0.812 bits per heavy atom. The molecule has 0 aliphatic heterocycles. The fraction of sp³-hybridized carbons (Fsp3) is 0.381. The highest BCUT2D eigenvalue weighted by molar-refractivity contribution is 5.45. The predicted octanol–water partition coefficient (Wildman–Crippen LogP) is 3.76. The van der Waals surface area contributed by atoms with Gasteiger partial charge >= 0.3 is 5.79 Å². The number of benzene rings is 2. The first-order valence-corrected chi connectivity index (χ1v) is 9.41. The molecule has 0 unspecified atom stereocenters. The first kappa shape index (κ1) is 24.2. The smallest absolute Gasteiger partial charge is 0.496 e. The molecule has 0 spiro atoms.